The van der Waals surface area contributed by atoms with Crippen LogP contribution in [0.15, 0.2) is 29.0 Å². The molecule has 0 aliphatic heterocycles. The first-order valence-corrected chi connectivity index (χ1v) is 5.86. The molecule has 2 aromatic rings. The molecule has 0 fully saturated rings. The Morgan fingerprint density at radius 1 is 1.33 bits per heavy atom. The van der Waals surface area contributed by atoms with E-state index in [0.29, 0.717) is 4.88 Å². The predicted octanol–water partition coefficient (Wildman–Crippen LogP) is 3.17. The van der Waals surface area contributed by atoms with E-state index in [0.717, 1.165) is 15.2 Å². The fourth-order valence-corrected chi connectivity index (χ4v) is 2.08. The Balaban J connectivity index is 2.37. The fraction of sp³-hybridized carbons (Fsp3) is 0.100. The van der Waals surface area contributed by atoms with Crippen molar-refractivity contribution in [3.8, 4) is 10.7 Å². The minimum absolute atomic E-state index is 0.0378. The van der Waals surface area contributed by atoms with Crippen LogP contribution < -0.4 is 0 Å². The molecular formula is C10H7BrN2OS. The summed E-state index contributed by atoms with van der Waals surface area (Å²) in [4.78, 5) is 20.1. The van der Waals surface area contributed by atoms with Crippen molar-refractivity contribution in [2.75, 3.05) is 0 Å². The van der Waals surface area contributed by atoms with Gasteiger partial charge >= 0.3 is 0 Å². The Morgan fingerprint density at radius 3 is 2.67 bits per heavy atom. The largest absolute Gasteiger partial charge is 0.294 e. The molecule has 3 nitrogen and oxygen atoms in total. The van der Waals surface area contributed by atoms with Crippen molar-refractivity contribution in [1.29, 1.82) is 0 Å². The van der Waals surface area contributed by atoms with Gasteiger partial charge in [0.15, 0.2) is 5.78 Å². The Bertz CT molecular complexity index is 492. The Hall–Kier alpha value is -1.07. The lowest BCUT2D eigenvalue weighted by Gasteiger charge is -1.94. The van der Waals surface area contributed by atoms with Gasteiger partial charge in [-0.15, -0.1) is 11.3 Å². The van der Waals surface area contributed by atoms with E-state index in [1.54, 1.807) is 12.4 Å². The summed E-state index contributed by atoms with van der Waals surface area (Å²) in [6.45, 7) is 1.53. The van der Waals surface area contributed by atoms with Crippen LogP contribution in [0.5, 0.6) is 0 Å². The van der Waals surface area contributed by atoms with Gasteiger partial charge in [-0.1, -0.05) is 0 Å². The molecule has 0 radical (unpaired) electrons. The summed E-state index contributed by atoms with van der Waals surface area (Å²) in [7, 11) is 0. The zero-order chi connectivity index (χ0) is 10.8. The third-order valence-electron chi connectivity index (χ3n) is 1.80. The number of carbonyl (C=O) groups excluding carboxylic acids is 1. The maximum Gasteiger partial charge on any atom is 0.171 e. The molecule has 0 spiro atoms. The van der Waals surface area contributed by atoms with E-state index >= 15 is 0 Å². The van der Waals surface area contributed by atoms with Crippen LogP contribution in [0.1, 0.15) is 16.6 Å². The number of hydrogen-bond acceptors (Lipinski definition) is 4. The summed E-state index contributed by atoms with van der Waals surface area (Å²) < 4.78 is 0.926. The van der Waals surface area contributed by atoms with Gasteiger partial charge in [0.2, 0.25) is 0 Å². The van der Waals surface area contributed by atoms with Crippen LogP contribution in [-0.4, -0.2) is 15.8 Å². The third-order valence-corrected chi connectivity index (χ3v) is 3.39. The van der Waals surface area contributed by atoms with Gasteiger partial charge in [0.25, 0.3) is 0 Å². The number of pyridine rings is 1. The number of halogens is 1. The summed E-state index contributed by atoms with van der Waals surface area (Å²) in [6.07, 6.45) is 3.30. The molecule has 5 heteroatoms. The molecule has 0 unspecified atom stereocenters. The highest BCUT2D eigenvalue weighted by Gasteiger charge is 2.08. The topological polar surface area (TPSA) is 42.9 Å². The van der Waals surface area contributed by atoms with Gasteiger partial charge in [0, 0.05) is 23.8 Å². The molecule has 2 aromatic heterocycles. The van der Waals surface area contributed by atoms with Crippen LogP contribution >= 0.6 is 27.3 Å². The van der Waals surface area contributed by atoms with E-state index in [2.05, 4.69) is 25.9 Å². The number of ketones is 1. The van der Waals surface area contributed by atoms with Gasteiger partial charge in [-0.3, -0.25) is 9.78 Å². The van der Waals surface area contributed by atoms with Crippen LogP contribution in [0.2, 0.25) is 0 Å². The average molecular weight is 283 g/mol. The van der Waals surface area contributed by atoms with Crippen molar-refractivity contribution in [2.24, 2.45) is 0 Å². The number of nitrogens with zero attached hydrogens (tertiary/aromatic N) is 2. The highest BCUT2D eigenvalue weighted by molar-refractivity contribution is 9.10. The zero-order valence-electron chi connectivity index (χ0n) is 7.90. The molecule has 76 valence electrons. The average Bonchev–Trinajstić information content (AvgIpc) is 2.68. The minimum atomic E-state index is 0.0378. The first-order valence-electron chi connectivity index (χ1n) is 4.25. The quantitative estimate of drug-likeness (QED) is 0.795. The predicted molar refractivity (Wildman–Crippen MR) is 63.0 cm³/mol. The number of rotatable bonds is 2. The van der Waals surface area contributed by atoms with E-state index < -0.39 is 0 Å². The second-order valence-electron chi connectivity index (χ2n) is 2.95. The van der Waals surface area contributed by atoms with Crippen LogP contribution in [0.4, 0.5) is 0 Å². The van der Waals surface area contributed by atoms with Gasteiger partial charge in [0.1, 0.15) is 5.01 Å². The van der Waals surface area contributed by atoms with Gasteiger partial charge < -0.3 is 0 Å². The molecule has 0 atom stereocenters. The van der Waals surface area contributed by atoms with Crippen LogP contribution in [0.25, 0.3) is 10.7 Å². The second kappa shape index (κ2) is 4.20. The molecule has 0 aliphatic carbocycles. The van der Waals surface area contributed by atoms with Crippen molar-refractivity contribution < 1.29 is 4.79 Å². The molecular weight excluding hydrogens is 276 g/mol. The number of thiazole rings is 1. The van der Waals surface area contributed by atoms with Gasteiger partial charge in [-0.2, -0.15) is 0 Å². The van der Waals surface area contributed by atoms with E-state index in [9.17, 15) is 4.79 Å². The van der Waals surface area contributed by atoms with Crippen molar-refractivity contribution in [1.82, 2.24) is 9.97 Å². The third kappa shape index (κ3) is 2.30. The Labute approximate surface area is 99.3 Å². The maximum atomic E-state index is 11.1. The second-order valence-corrected chi connectivity index (χ2v) is 4.89. The standard InChI is InChI=1S/C10H7BrN2OS/c1-6(14)9-5-13-10(15-9)8-3-2-7(11)4-12-8/h2-5H,1H3. The molecule has 0 saturated carbocycles. The van der Waals surface area contributed by atoms with Crippen molar-refractivity contribution in [3.63, 3.8) is 0 Å². The highest BCUT2D eigenvalue weighted by Crippen LogP contribution is 2.24. The lowest BCUT2D eigenvalue weighted by atomic mass is 10.4. The monoisotopic (exact) mass is 282 g/mol. The lowest BCUT2D eigenvalue weighted by molar-refractivity contribution is 0.102. The normalized spacial score (nSPS) is 10.3. The molecule has 0 amide bonds. The number of aromatic nitrogens is 2. The number of carbonyl (C=O) groups is 1. The molecule has 0 aliphatic rings. The molecule has 2 heterocycles. The van der Waals surface area contributed by atoms with E-state index in [1.807, 2.05) is 12.1 Å². The van der Waals surface area contributed by atoms with Crippen LogP contribution in [0, 0.1) is 0 Å². The van der Waals surface area contributed by atoms with Gasteiger partial charge in [0.05, 0.1) is 10.6 Å². The number of hydrogen-bond donors (Lipinski definition) is 0. The van der Waals surface area contributed by atoms with E-state index in [4.69, 9.17) is 0 Å². The number of Topliss-reactive ketones (excluding diaryl/α,β-unsaturated/α-hetero) is 1. The Morgan fingerprint density at radius 2 is 2.13 bits per heavy atom. The van der Waals surface area contributed by atoms with Crippen LogP contribution in [0.3, 0.4) is 0 Å². The molecule has 0 N–H and O–H groups in total. The van der Waals surface area contributed by atoms with Crippen molar-refractivity contribution in [3.05, 3.63) is 33.9 Å². The SMILES string of the molecule is CC(=O)c1cnc(-c2ccc(Br)cn2)s1. The molecule has 0 aromatic carbocycles. The van der Waals surface area contributed by atoms with Crippen molar-refractivity contribution in [2.45, 2.75) is 6.92 Å². The summed E-state index contributed by atoms with van der Waals surface area (Å²) >= 11 is 4.67. The van der Waals surface area contributed by atoms with Crippen molar-refractivity contribution >= 4 is 33.0 Å². The summed E-state index contributed by atoms with van der Waals surface area (Å²) in [5.41, 5.74) is 0.788. The zero-order valence-corrected chi connectivity index (χ0v) is 10.3. The first-order chi connectivity index (χ1) is 7.16. The first kappa shape index (κ1) is 10.4. The smallest absolute Gasteiger partial charge is 0.171 e. The molecule has 2 rings (SSSR count). The molecule has 15 heavy (non-hydrogen) atoms. The van der Waals surface area contributed by atoms with Crippen LogP contribution in [-0.2, 0) is 0 Å². The molecule has 0 bridgehead atoms. The van der Waals surface area contributed by atoms with Gasteiger partial charge in [-0.25, -0.2) is 4.98 Å². The summed E-state index contributed by atoms with van der Waals surface area (Å²) in [5, 5.41) is 0.771. The lowest BCUT2D eigenvalue weighted by Crippen LogP contribution is -1.83. The summed E-state index contributed by atoms with van der Waals surface area (Å²) in [5.74, 6) is 0.0378. The summed E-state index contributed by atoms with van der Waals surface area (Å²) in [6, 6.07) is 3.77. The highest BCUT2D eigenvalue weighted by atomic mass is 79.9. The van der Waals surface area contributed by atoms with E-state index in [-0.39, 0.29) is 5.78 Å². The van der Waals surface area contributed by atoms with Gasteiger partial charge in [-0.05, 0) is 28.1 Å². The molecule has 0 saturated heterocycles. The van der Waals surface area contributed by atoms with E-state index in [1.165, 1.54) is 18.3 Å². The maximum absolute atomic E-state index is 11.1. The Kier molecular flexibility index (Phi) is 2.93. The fourth-order valence-electron chi connectivity index (χ4n) is 1.06. The minimum Gasteiger partial charge on any atom is -0.294 e.